The molecule has 1 aromatic heterocycles. The average Bonchev–Trinajstić information content (AvgIpc) is 2.35. The third kappa shape index (κ3) is 3.23. The number of nitrogens with zero attached hydrogens (tertiary/aromatic N) is 2. The zero-order chi connectivity index (χ0) is 14.0. The summed E-state index contributed by atoms with van der Waals surface area (Å²) < 4.78 is 6.41. The van der Waals surface area contributed by atoms with Gasteiger partial charge in [-0.25, -0.2) is 9.97 Å². The number of hydrogen-bond acceptors (Lipinski definition) is 4. The Hall–Kier alpha value is -1.62. The number of aromatic nitrogens is 2. The van der Waals surface area contributed by atoms with Crippen LogP contribution in [0.2, 0.25) is 0 Å². The fourth-order valence-electron chi connectivity index (χ4n) is 1.69. The minimum atomic E-state index is 0.132. The van der Waals surface area contributed by atoms with Crippen molar-refractivity contribution in [1.29, 1.82) is 0 Å². The van der Waals surface area contributed by atoms with Crippen LogP contribution in [0.5, 0.6) is 5.75 Å². The van der Waals surface area contributed by atoms with Crippen LogP contribution in [0.4, 0.5) is 5.82 Å². The van der Waals surface area contributed by atoms with Crippen molar-refractivity contribution in [1.82, 2.24) is 9.97 Å². The molecule has 0 atom stereocenters. The zero-order valence-corrected chi connectivity index (χ0v) is 12.7. The standard InChI is InChI=1S/C14H16BrN3O/c1-8(2)19-11-6-4-5-10(7-11)14-17-9(3)12(15)13(16)18-14/h4-8H,1-3H3,(H2,16,17,18). The highest BCUT2D eigenvalue weighted by Crippen LogP contribution is 2.26. The quantitative estimate of drug-likeness (QED) is 0.938. The predicted molar refractivity (Wildman–Crippen MR) is 80.1 cm³/mol. The van der Waals surface area contributed by atoms with Gasteiger partial charge in [0, 0.05) is 5.56 Å². The van der Waals surface area contributed by atoms with Crippen molar-refractivity contribution in [3.8, 4) is 17.1 Å². The molecule has 0 spiro atoms. The van der Waals surface area contributed by atoms with Crippen LogP contribution in [0.1, 0.15) is 19.5 Å². The van der Waals surface area contributed by atoms with Crippen molar-refractivity contribution in [2.24, 2.45) is 0 Å². The second kappa shape index (κ2) is 5.57. The first-order chi connectivity index (χ1) is 8.97. The van der Waals surface area contributed by atoms with Gasteiger partial charge in [-0.2, -0.15) is 0 Å². The van der Waals surface area contributed by atoms with Gasteiger partial charge in [-0.15, -0.1) is 0 Å². The van der Waals surface area contributed by atoms with Crippen molar-refractivity contribution in [3.63, 3.8) is 0 Å². The molecule has 0 aliphatic carbocycles. The molecule has 0 aliphatic heterocycles. The van der Waals surface area contributed by atoms with Gasteiger partial charge in [0.1, 0.15) is 11.6 Å². The molecule has 5 heteroatoms. The molecule has 0 aliphatic rings. The first-order valence-corrected chi connectivity index (χ1v) is 6.83. The van der Waals surface area contributed by atoms with Crippen LogP contribution in [0.3, 0.4) is 0 Å². The van der Waals surface area contributed by atoms with Crippen LogP contribution in [-0.2, 0) is 0 Å². The van der Waals surface area contributed by atoms with Gasteiger partial charge in [-0.1, -0.05) is 12.1 Å². The second-order valence-corrected chi connectivity index (χ2v) is 5.32. The van der Waals surface area contributed by atoms with E-state index in [-0.39, 0.29) is 6.10 Å². The number of nitrogen functional groups attached to an aromatic ring is 1. The van der Waals surface area contributed by atoms with E-state index < -0.39 is 0 Å². The Balaban J connectivity index is 2.41. The van der Waals surface area contributed by atoms with Gasteiger partial charge in [0.15, 0.2) is 5.82 Å². The maximum absolute atomic E-state index is 5.85. The Morgan fingerprint density at radius 1 is 1.26 bits per heavy atom. The van der Waals surface area contributed by atoms with Crippen molar-refractivity contribution < 1.29 is 4.74 Å². The van der Waals surface area contributed by atoms with E-state index in [1.807, 2.05) is 45.0 Å². The third-order valence-corrected chi connectivity index (χ3v) is 3.49. The molecule has 2 N–H and O–H groups in total. The SMILES string of the molecule is Cc1nc(-c2cccc(OC(C)C)c2)nc(N)c1Br. The summed E-state index contributed by atoms with van der Waals surface area (Å²) in [5, 5.41) is 0. The van der Waals surface area contributed by atoms with E-state index >= 15 is 0 Å². The number of hydrogen-bond donors (Lipinski definition) is 1. The maximum Gasteiger partial charge on any atom is 0.161 e. The van der Waals surface area contributed by atoms with Crippen LogP contribution >= 0.6 is 15.9 Å². The molecule has 2 rings (SSSR count). The Kier molecular flexibility index (Phi) is 4.04. The number of ether oxygens (including phenoxy) is 1. The molecule has 0 saturated carbocycles. The lowest BCUT2D eigenvalue weighted by Crippen LogP contribution is -2.05. The second-order valence-electron chi connectivity index (χ2n) is 4.53. The predicted octanol–water partition coefficient (Wildman–Crippen LogP) is 3.58. The van der Waals surface area contributed by atoms with Crippen molar-refractivity contribution >= 4 is 21.7 Å². The van der Waals surface area contributed by atoms with E-state index in [9.17, 15) is 0 Å². The van der Waals surface area contributed by atoms with Crippen LogP contribution in [0, 0.1) is 6.92 Å². The molecule has 0 fully saturated rings. The van der Waals surface area contributed by atoms with Gasteiger partial charge in [0.05, 0.1) is 16.3 Å². The first-order valence-electron chi connectivity index (χ1n) is 6.04. The van der Waals surface area contributed by atoms with Gasteiger partial charge in [-0.3, -0.25) is 0 Å². The van der Waals surface area contributed by atoms with Crippen LogP contribution < -0.4 is 10.5 Å². The number of halogens is 1. The highest BCUT2D eigenvalue weighted by atomic mass is 79.9. The summed E-state index contributed by atoms with van der Waals surface area (Å²) in [6.45, 7) is 5.87. The van der Waals surface area contributed by atoms with Crippen molar-refractivity contribution in [2.45, 2.75) is 26.9 Å². The Morgan fingerprint density at radius 2 is 2.00 bits per heavy atom. The molecular formula is C14H16BrN3O. The summed E-state index contributed by atoms with van der Waals surface area (Å²) in [6.07, 6.45) is 0.132. The number of rotatable bonds is 3. The van der Waals surface area contributed by atoms with E-state index in [1.165, 1.54) is 0 Å². The highest BCUT2D eigenvalue weighted by molar-refractivity contribution is 9.10. The number of anilines is 1. The molecule has 0 amide bonds. The average molecular weight is 322 g/mol. The smallest absolute Gasteiger partial charge is 0.161 e. The van der Waals surface area contributed by atoms with E-state index in [4.69, 9.17) is 10.5 Å². The molecule has 0 saturated heterocycles. The monoisotopic (exact) mass is 321 g/mol. The molecule has 1 aromatic carbocycles. The molecule has 19 heavy (non-hydrogen) atoms. The minimum Gasteiger partial charge on any atom is -0.491 e. The van der Waals surface area contributed by atoms with Gasteiger partial charge in [0.25, 0.3) is 0 Å². The maximum atomic E-state index is 5.85. The minimum absolute atomic E-state index is 0.132. The summed E-state index contributed by atoms with van der Waals surface area (Å²) in [7, 11) is 0. The van der Waals surface area contributed by atoms with E-state index in [0.717, 1.165) is 21.5 Å². The number of aryl methyl sites for hydroxylation is 1. The summed E-state index contributed by atoms with van der Waals surface area (Å²) in [4.78, 5) is 8.72. The third-order valence-electron chi connectivity index (χ3n) is 2.51. The van der Waals surface area contributed by atoms with Gasteiger partial charge < -0.3 is 10.5 Å². The van der Waals surface area contributed by atoms with E-state index in [2.05, 4.69) is 25.9 Å². The zero-order valence-electron chi connectivity index (χ0n) is 11.1. The van der Waals surface area contributed by atoms with E-state index in [1.54, 1.807) is 0 Å². The molecule has 0 radical (unpaired) electrons. The van der Waals surface area contributed by atoms with Gasteiger partial charge in [-0.05, 0) is 48.8 Å². The number of benzene rings is 1. The van der Waals surface area contributed by atoms with Crippen LogP contribution in [0.15, 0.2) is 28.7 Å². The molecular weight excluding hydrogens is 306 g/mol. The largest absolute Gasteiger partial charge is 0.491 e. The molecule has 4 nitrogen and oxygen atoms in total. The lowest BCUT2D eigenvalue weighted by atomic mass is 10.2. The fourth-order valence-corrected chi connectivity index (χ4v) is 1.87. The first kappa shape index (κ1) is 13.8. The number of nitrogens with two attached hydrogens (primary N) is 1. The van der Waals surface area contributed by atoms with Gasteiger partial charge >= 0.3 is 0 Å². The molecule has 1 heterocycles. The normalized spacial score (nSPS) is 10.8. The van der Waals surface area contributed by atoms with Crippen LogP contribution in [-0.4, -0.2) is 16.1 Å². The lowest BCUT2D eigenvalue weighted by Gasteiger charge is -2.11. The summed E-state index contributed by atoms with van der Waals surface area (Å²) in [5.41, 5.74) is 7.55. The lowest BCUT2D eigenvalue weighted by molar-refractivity contribution is 0.242. The van der Waals surface area contributed by atoms with Gasteiger partial charge in [0.2, 0.25) is 0 Å². The van der Waals surface area contributed by atoms with Crippen molar-refractivity contribution in [3.05, 3.63) is 34.4 Å². The summed E-state index contributed by atoms with van der Waals surface area (Å²) in [6, 6.07) is 7.69. The summed E-state index contributed by atoms with van der Waals surface area (Å²) in [5.74, 6) is 1.85. The van der Waals surface area contributed by atoms with E-state index in [0.29, 0.717) is 11.6 Å². The van der Waals surface area contributed by atoms with Crippen LogP contribution in [0.25, 0.3) is 11.4 Å². The molecule has 0 bridgehead atoms. The Bertz CT molecular complexity index is 576. The van der Waals surface area contributed by atoms with Crippen molar-refractivity contribution in [2.75, 3.05) is 5.73 Å². The molecule has 0 unspecified atom stereocenters. The molecule has 100 valence electrons. The Labute approximate surface area is 121 Å². The topological polar surface area (TPSA) is 61.0 Å². The highest BCUT2D eigenvalue weighted by Gasteiger charge is 2.09. The summed E-state index contributed by atoms with van der Waals surface area (Å²) >= 11 is 3.36. The molecule has 2 aromatic rings. The fraction of sp³-hybridized carbons (Fsp3) is 0.286. The Morgan fingerprint density at radius 3 is 2.63 bits per heavy atom.